The molecule has 1 aromatic carbocycles. The number of hydrogen-bond acceptors (Lipinski definition) is 6. The van der Waals surface area contributed by atoms with Gasteiger partial charge in [-0.2, -0.15) is 9.97 Å². The number of anilines is 3. The van der Waals surface area contributed by atoms with E-state index in [0.717, 1.165) is 18.5 Å². The Labute approximate surface area is 144 Å². The van der Waals surface area contributed by atoms with Crippen LogP contribution in [0.1, 0.15) is 25.7 Å². The summed E-state index contributed by atoms with van der Waals surface area (Å²) in [6, 6.07) is 7.89. The zero-order valence-electron chi connectivity index (χ0n) is 13.0. The van der Waals surface area contributed by atoms with E-state index in [1.54, 1.807) is 12.4 Å². The molecule has 0 radical (unpaired) electrons. The molecule has 1 saturated carbocycles. The molecule has 2 N–H and O–H groups in total. The van der Waals surface area contributed by atoms with Crippen molar-refractivity contribution < 1.29 is 0 Å². The Balaban J connectivity index is 1.69. The van der Waals surface area contributed by atoms with E-state index in [1.165, 1.54) is 12.8 Å². The summed E-state index contributed by atoms with van der Waals surface area (Å²) in [6.45, 7) is 0. The van der Waals surface area contributed by atoms with Crippen molar-refractivity contribution in [1.82, 2.24) is 19.9 Å². The topological polar surface area (TPSA) is 75.6 Å². The molecular formula is C17H17ClN6. The van der Waals surface area contributed by atoms with Crippen molar-refractivity contribution in [2.75, 3.05) is 10.6 Å². The maximum Gasteiger partial charge on any atom is 0.227 e. The van der Waals surface area contributed by atoms with Crippen LogP contribution in [0.4, 0.5) is 17.5 Å². The summed E-state index contributed by atoms with van der Waals surface area (Å²) >= 11 is 5.94. The number of aromatic nitrogens is 4. The van der Waals surface area contributed by atoms with Crippen LogP contribution >= 0.6 is 11.6 Å². The smallest absolute Gasteiger partial charge is 0.227 e. The zero-order valence-corrected chi connectivity index (χ0v) is 13.8. The number of hydrogen-bond donors (Lipinski definition) is 2. The molecule has 1 aliphatic carbocycles. The lowest BCUT2D eigenvalue weighted by molar-refractivity contribution is 0.745. The molecule has 0 spiro atoms. The predicted octanol–water partition coefficient (Wildman–Crippen LogP) is 4.17. The van der Waals surface area contributed by atoms with Crippen LogP contribution in [0, 0.1) is 0 Å². The lowest BCUT2D eigenvalue weighted by atomic mass is 10.2. The van der Waals surface area contributed by atoms with Gasteiger partial charge < -0.3 is 10.6 Å². The number of halogens is 1. The minimum Gasteiger partial charge on any atom is -0.351 e. The molecular weight excluding hydrogens is 324 g/mol. The Morgan fingerprint density at radius 3 is 2.50 bits per heavy atom. The number of rotatable bonds is 4. The molecule has 1 aliphatic rings. The average Bonchev–Trinajstić information content (AvgIpc) is 3.10. The van der Waals surface area contributed by atoms with Gasteiger partial charge in [-0.05, 0) is 37.1 Å². The molecule has 7 heteroatoms. The minimum atomic E-state index is 0.433. The molecule has 2 aromatic heterocycles. The number of nitrogens with one attached hydrogen (secondary N) is 2. The standard InChI is InChI=1S/C17H17ClN6/c18-11-5-7-13(8-6-11)21-16-14-15(20-10-9-19-14)23-17(24-16)22-12-3-1-2-4-12/h5-10,12H,1-4H2,(H2,20,21,22,23,24). The highest BCUT2D eigenvalue weighted by molar-refractivity contribution is 6.30. The van der Waals surface area contributed by atoms with Crippen LogP contribution in [0.25, 0.3) is 11.2 Å². The molecule has 1 fully saturated rings. The zero-order chi connectivity index (χ0) is 16.4. The van der Waals surface area contributed by atoms with Gasteiger partial charge in [-0.1, -0.05) is 24.4 Å². The fourth-order valence-corrected chi connectivity index (χ4v) is 3.06. The molecule has 0 atom stereocenters. The summed E-state index contributed by atoms with van der Waals surface area (Å²) in [5.74, 6) is 1.22. The Morgan fingerprint density at radius 1 is 0.958 bits per heavy atom. The number of nitrogens with zero attached hydrogens (tertiary/aromatic N) is 4. The summed E-state index contributed by atoms with van der Waals surface area (Å²) in [5.41, 5.74) is 2.10. The largest absolute Gasteiger partial charge is 0.351 e. The predicted molar refractivity (Wildman–Crippen MR) is 95.7 cm³/mol. The third-order valence-electron chi connectivity index (χ3n) is 4.13. The van der Waals surface area contributed by atoms with Crippen LogP contribution < -0.4 is 10.6 Å². The van der Waals surface area contributed by atoms with E-state index in [1.807, 2.05) is 24.3 Å². The first-order chi connectivity index (χ1) is 11.8. The van der Waals surface area contributed by atoms with E-state index in [9.17, 15) is 0 Å². The second-order valence-corrected chi connectivity index (χ2v) is 6.32. The molecule has 0 unspecified atom stereocenters. The van der Waals surface area contributed by atoms with E-state index in [4.69, 9.17) is 11.6 Å². The maximum atomic E-state index is 5.94. The molecule has 6 nitrogen and oxygen atoms in total. The highest BCUT2D eigenvalue weighted by Gasteiger charge is 2.17. The third-order valence-corrected chi connectivity index (χ3v) is 4.38. The average molecular weight is 341 g/mol. The van der Waals surface area contributed by atoms with E-state index in [0.29, 0.717) is 34.0 Å². The van der Waals surface area contributed by atoms with Gasteiger partial charge in [0, 0.05) is 29.1 Å². The normalized spacial score (nSPS) is 14.9. The Hall–Kier alpha value is -2.47. The van der Waals surface area contributed by atoms with Crippen molar-refractivity contribution in [3.05, 3.63) is 41.7 Å². The lowest BCUT2D eigenvalue weighted by Gasteiger charge is -2.14. The van der Waals surface area contributed by atoms with Gasteiger partial charge in [-0.3, -0.25) is 0 Å². The minimum absolute atomic E-state index is 0.433. The highest BCUT2D eigenvalue weighted by Crippen LogP contribution is 2.25. The quantitative estimate of drug-likeness (QED) is 0.742. The molecule has 3 aromatic rings. The molecule has 4 rings (SSSR count). The summed E-state index contributed by atoms with van der Waals surface area (Å²) in [7, 11) is 0. The highest BCUT2D eigenvalue weighted by atomic mass is 35.5. The van der Waals surface area contributed by atoms with Crippen LogP contribution in [0.15, 0.2) is 36.7 Å². The van der Waals surface area contributed by atoms with Gasteiger partial charge >= 0.3 is 0 Å². The van der Waals surface area contributed by atoms with Gasteiger partial charge in [0.05, 0.1) is 0 Å². The van der Waals surface area contributed by atoms with E-state index in [2.05, 4.69) is 30.6 Å². The van der Waals surface area contributed by atoms with Crippen LogP contribution in [0.5, 0.6) is 0 Å². The van der Waals surface area contributed by atoms with Gasteiger partial charge in [0.15, 0.2) is 17.0 Å². The van der Waals surface area contributed by atoms with Gasteiger partial charge in [0.2, 0.25) is 5.95 Å². The van der Waals surface area contributed by atoms with Gasteiger partial charge in [0.25, 0.3) is 0 Å². The fourth-order valence-electron chi connectivity index (χ4n) is 2.94. The third kappa shape index (κ3) is 3.23. The van der Waals surface area contributed by atoms with Crippen LogP contribution in [-0.4, -0.2) is 26.0 Å². The first kappa shape index (κ1) is 15.1. The van der Waals surface area contributed by atoms with E-state index >= 15 is 0 Å². The number of fused-ring (bicyclic) bond motifs is 1. The Bertz CT molecular complexity index is 845. The fraction of sp³-hybridized carbons (Fsp3) is 0.294. The van der Waals surface area contributed by atoms with Crippen LogP contribution in [0.3, 0.4) is 0 Å². The van der Waals surface area contributed by atoms with Gasteiger partial charge in [-0.25, -0.2) is 9.97 Å². The first-order valence-corrected chi connectivity index (χ1v) is 8.43. The molecule has 0 amide bonds. The van der Waals surface area contributed by atoms with Crippen molar-refractivity contribution in [3.63, 3.8) is 0 Å². The van der Waals surface area contributed by atoms with Crippen molar-refractivity contribution in [2.45, 2.75) is 31.7 Å². The summed E-state index contributed by atoms with van der Waals surface area (Å²) < 4.78 is 0. The molecule has 0 saturated heterocycles. The molecule has 0 bridgehead atoms. The SMILES string of the molecule is Clc1ccc(Nc2nc(NC3CCCC3)nc3nccnc23)cc1. The van der Waals surface area contributed by atoms with E-state index in [-0.39, 0.29) is 0 Å². The molecule has 2 heterocycles. The lowest BCUT2D eigenvalue weighted by Crippen LogP contribution is -2.17. The van der Waals surface area contributed by atoms with Gasteiger partial charge in [-0.15, -0.1) is 0 Å². The second kappa shape index (κ2) is 6.57. The van der Waals surface area contributed by atoms with Gasteiger partial charge in [0.1, 0.15) is 0 Å². The molecule has 122 valence electrons. The summed E-state index contributed by atoms with van der Waals surface area (Å²) in [4.78, 5) is 17.8. The maximum absolute atomic E-state index is 5.94. The Kier molecular flexibility index (Phi) is 4.13. The summed E-state index contributed by atoms with van der Waals surface area (Å²) in [5, 5.41) is 7.40. The molecule has 24 heavy (non-hydrogen) atoms. The summed E-state index contributed by atoms with van der Waals surface area (Å²) in [6.07, 6.45) is 8.09. The van der Waals surface area contributed by atoms with E-state index < -0.39 is 0 Å². The van der Waals surface area contributed by atoms with Crippen molar-refractivity contribution in [1.29, 1.82) is 0 Å². The van der Waals surface area contributed by atoms with Crippen molar-refractivity contribution in [2.24, 2.45) is 0 Å². The first-order valence-electron chi connectivity index (χ1n) is 8.06. The molecule has 0 aliphatic heterocycles. The van der Waals surface area contributed by atoms with Crippen LogP contribution in [0.2, 0.25) is 5.02 Å². The number of benzene rings is 1. The van der Waals surface area contributed by atoms with Crippen molar-refractivity contribution >= 4 is 40.2 Å². The van der Waals surface area contributed by atoms with Crippen LogP contribution in [-0.2, 0) is 0 Å². The van der Waals surface area contributed by atoms with Crippen molar-refractivity contribution in [3.8, 4) is 0 Å². The second-order valence-electron chi connectivity index (χ2n) is 5.88. The Morgan fingerprint density at radius 2 is 1.71 bits per heavy atom. The monoisotopic (exact) mass is 340 g/mol.